The summed E-state index contributed by atoms with van der Waals surface area (Å²) in [5.74, 6) is 0.494. The van der Waals surface area contributed by atoms with Crippen molar-refractivity contribution in [2.75, 3.05) is 11.9 Å². The van der Waals surface area contributed by atoms with Crippen molar-refractivity contribution in [1.29, 1.82) is 0 Å². The van der Waals surface area contributed by atoms with Crippen molar-refractivity contribution in [2.24, 2.45) is 12.8 Å². The molecule has 0 aliphatic heterocycles. The van der Waals surface area contributed by atoms with Crippen LogP contribution < -0.4 is 16.6 Å². The molecule has 3 heterocycles. The third-order valence-corrected chi connectivity index (χ3v) is 4.21. The molecule has 0 saturated carbocycles. The zero-order chi connectivity index (χ0) is 18.5. The summed E-state index contributed by atoms with van der Waals surface area (Å²) in [6, 6.07) is 7.44. The smallest absolute Gasteiger partial charge is 0.258 e. The summed E-state index contributed by atoms with van der Waals surface area (Å²) in [5, 5.41) is 3.20. The van der Waals surface area contributed by atoms with Gasteiger partial charge in [0.1, 0.15) is 0 Å². The van der Waals surface area contributed by atoms with Gasteiger partial charge in [0.25, 0.3) is 5.56 Å². The van der Waals surface area contributed by atoms with Crippen molar-refractivity contribution in [3.63, 3.8) is 0 Å². The van der Waals surface area contributed by atoms with Gasteiger partial charge in [-0.3, -0.25) is 19.3 Å². The van der Waals surface area contributed by atoms with E-state index in [1.54, 1.807) is 38.8 Å². The van der Waals surface area contributed by atoms with E-state index in [0.29, 0.717) is 30.2 Å². The van der Waals surface area contributed by atoms with Crippen molar-refractivity contribution in [2.45, 2.75) is 19.4 Å². The number of aromatic nitrogens is 4. The van der Waals surface area contributed by atoms with Gasteiger partial charge in [0.2, 0.25) is 5.95 Å². The van der Waals surface area contributed by atoms with E-state index in [4.69, 9.17) is 5.73 Å². The van der Waals surface area contributed by atoms with Crippen LogP contribution in [0.15, 0.2) is 53.8 Å². The second-order valence-electron chi connectivity index (χ2n) is 6.22. The van der Waals surface area contributed by atoms with E-state index in [1.165, 1.54) is 4.57 Å². The van der Waals surface area contributed by atoms with E-state index in [1.807, 2.05) is 24.3 Å². The monoisotopic (exact) mass is 350 g/mol. The third kappa shape index (κ3) is 3.94. The summed E-state index contributed by atoms with van der Waals surface area (Å²) < 4.78 is 1.51. The lowest BCUT2D eigenvalue weighted by Crippen LogP contribution is -2.34. The summed E-state index contributed by atoms with van der Waals surface area (Å²) in [7, 11) is 1.70. The van der Waals surface area contributed by atoms with Crippen molar-refractivity contribution >= 4 is 5.95 Å². The maximum Gasteiger partial charge on any atom is 0.258 e. The van der Waals surface area contributed by atoms with E-state index >= 15 is 0 Å². The first kappa shape index (κ1) is 17.8. The van der Waals surface area contributed by atoms with Gasteiger partial charge in [-0.15, -0.1) is 0 Å². The summed E-state index contributed by atoms with van der Waals surface area (Å²) in [5.41, 5.74) is 9.31. The van der Waals surface area contributed by atoms with E-state index in [0.717, 1.165) is 11.1 Å². The molecule has 0 aliphatic carbocycles. The minimum atomic E-state index is -0.123. The van der Waals surface area contributed by atoms with Crippen LogP contribution in [0.5, 0.6) is 0 Å². The lowest BCUT2D eigenvalue weighted by atomic mass is 10.1. The summed E-state index contributed by atoms with van der Waals surface area (Å²) in [6.07, 6.45) is 7.61. The molecule has 1 atom stereocenters. The fraction of sp³-hybridized carbons (Fsp3) is 0.263. The number of rotatable bonds is 6. The minimum Gasteiger partial charge on any atom is -0.354 e. The van der Waals surface area contributed by atoms with Gasteiger partial charge >= 0.3 is 0 Å². The lowest BCUT2D eigenvalue weighted by Gasteiger charge is -2.17. The molecular weight excluding hydrogens is 328 g/mol. The van der Waals surface area contributed by atoms with Crippen LogP contribution >= 0.6 is 0 Å². The first-order valence-corrected chi connectivity index (χ1v) is 8.42. The average molecular weight is 350 g/mol. The first-order valence-electron chi connectivity index (χ1n) is 8.42. The Morgan fingerprint density at radius 2 is 1.96 bits per heavy atom. The normalized spacial score (nSPS) is 12.0. The fourth-order valence-corrected chi connectivity index (χ4v) is 2.78. The molecule has 0 unspecified atom stereocenters. The number of pyridine rings is 2. The second-order valence-corrected chi connectivity index (χ2v) is 6.22. The molecule has 134 valence electrons. The Balaban J connectivity index is 1.79. The van der Waals surface area contributed by atoms with Gasteiger partial charge in [-0.2, -0.15) is 0 Å². The zero-order valence-electron chi connectivity index (χ0n) is 14.9. The van der Waals surface area contributed by atoms with Gasteiger partial charge in [-0.1, -0.05) is 6.07 Å². The van der Waals surface area contributed by atoms with Gasteiger partial charge in [-0.05, 0) is 37.1 Å². The molecule has 0 saturated heterocycles. The van der Waals surface area contributed by atoms with Gasteiger partial charge in [0.15, 0.2) is 0 Å². The number of nitrogens with zero attached hydrogens (tertiary/aromatic N) is 4. The molecular formula is C19H22N6O. The predicted molar refractivity (Wildman–Crippen MR) is 102 cm³/mol. The summed E-state index contributed by atoms with van der Waals surface area (Å²) in [4.78, 5) is 25.3. The fourth-order valence-electron chi connectivity index (χ4n) is 2.78. The van der Waals surface area contributed by atoms with Crippen LogP contribution in [0.25, 0.3) is 11.3 Å². The molecule has 0 spiro atoms. The van der Waals surface area contributed by atoms with Crippen LogP contribution in [0.2, 0.25) is 0 Å². The maximum absolute atomic E-state index is 12.5. The highest BCUT2D eigenvalue weighted by molar-refractivity contribution is 5.63. The Morgan fingerprint density at radius 1 is 1.19 bits per heavy atom. The second kappa shape index (κ2) is 7.88. The zero-order valence-corrected chi connectivity index (χ0v) is 14.9. The first-order chi connectivity index (χ1) is 12.6. The van der Waals surface area contributed by atoms with Crippen LogP contribution in [-0.4, -0.2) is 32.1 Å². The van der Waals surface area contributed by atoms with Crippen LogP contribution in [0.4, 0.5) is 5.95 Å². The summed E-state index contributed by atoms with van der Waals surface area (Å²) in [6.45, 7) is 2.27. The average Bonchev–Trinajstić information content (AvgIpc) is 2.67. The van der Waals surface area contributed by atoms with Crippen molar-refractivity contribution in [3.8, 4) is 11.3 Å². The quantitative estimate of drug-likeness (QED) is 0.699. The van der Waals surface area contributed by atoms with Crippen LogP contribution in [-0.2, 0) is 13.5 Å². The molecule has 3 N–H and O–H groups in total. The van der Waals surface area contributed by atoms with Crippen molar-refractivity contribution in [1.82, 2.24) is 19.5 Å². The largest absolute Gasteiger partial charge is 0.354 e. The van der Waals surface area contributed by atoms with E-state index < -0.39 is 0 Å². The number of hydrogen-bond donors (Lipinski definition) is 2. The number of nitrogens with one attached hydrogen (secondary N) is 1. The Kier molecular flexibility index (Phi) is 5.38. The van der Waals surface area contributed by atoms with E-state index in [-0.39, 0.29) is 11.6 Å². The van der Waals surface area contributed by atoms with Gasteiger partial charge in [0.05, 0.1) is 5.69 Å². The lowest BCUT2D eigenvalue weighted by molar-refractivity contribution is 0.685. The number of anilines is 1. The Morgan fingerprint density at radius 3 is 2.65 bits per heavy atom. The molecule has 7 nitrogen and oxygen atoms in total. The number of hydrogen-bond acceptors (Lipinski definition) is 6. The van der Waals surface area contributed by atoms with Crippen LogP contribution in [0.3, 0.4) is 0 Å². The minimum absolute atomic E-state index is 0.0878. The molecule has 0 fully saturated rings. The Bertz CT molecular complexity index is 924. The Hall–Kier alpha value is -3.06. The molecule has 0 aromatic carbocycles. The SMILES string of the molecule is Cc1c(-c2ccncc2)nc(NC[C@@H](N)Cc2cccnc2)n(C)c1=O. The highest BCUT2D eigenvalue weighted by Gasteiger charge is 2.13. The molecule has 0 aliphatic rings. The summed E-state index contributed by atoms with van der Waals surface area (Å²) >= 11 is 0. The van der Waals surface area contributed by atoms with E-state index in [2.05, 4.69) is 20.3 Å². The molecule has 26 heavy (non-hydrogen) atoms. The van der Waals surface area contributed by atoms with Gasteiger partial charge in [0, 0.05) is 55.5 Å². The van der Waals surface area contributed by atoms with Crippen LogP contribution in [0, 0.1) is 6.92 Å². The van der Waals surface area contributed by atoms with Gasteiger partial charge < -0.3 is 11.1 Å². The maximum atomic E-state index is 12.5. The molecule has 0 radical (unpaired) electrons. The standard InChI is InChI=1S/C19H22N6O/c1-13-17(15-5-8-21-9-6-15)24-19(25(2)18(13)26)23-12-16(20)10-14-4-3-7-22-11-14/h3-9,11,16H,10,12,20H2,1-2H3,(H,23,24)/t16-/m0/s1. The number of nitrogens with two attached hydrogens (primary N) is 1. The topological polar surface area (TPSA) is 98.7 Å². The van der Waals surface area contributed by atoms with Gasteiger partial charge in [-0.25, -0.2) is 4.98 Å². The molecule has 7 heteroatoms. The molecule has 0 bridgehead atoms. The molecule has 3 aromatic rings. The molecule has 3 aromatic heterocycles. The molecule has 0 amide bonds. The van der Waals surface area contributed by atoms with Crippen LogP contribution in [0.1, 0.15) is 11.1 Å². The molecule has 3 rings (SSSR count). The van der Waals surface area contributed by atoms with Crippen molar-refractivity contribution in [3.05, 3.63) is 70.5 Å². The predicted octanol–water partition coefficient (Wildman–Crippen LogP) is 1.53. The van der Waals surface area contributed by atoms with Crippen molar-refractivity contribution < 1.29 is 0 Å². The highest BCUT2D eigenvalue weighted by Crippen LogP contribution is 2.19. The third-order valence-electron chi connectivity index (χ3n) is 4.21. The van der Waals surface area contributed by atoms with E-state index in [9.17, 15) is 4.79 Å². The Labute approximate surface area is 152 Å². The highest BCUT2D eigenvalue weighted by atomic mass is 16.1.